The van der Waals surface area contributed by atoms with Crippen LogP contribution in [0.25, 0.3) is 0 Å². The first-order valence-electron chi connectivity index (χ1n) is 5.08. The molecule has 0 aliphatic rings. The fraction of sp³-hybridized carbons (Fsp3) is 0.364. The zero-order valence-corrected chi connectivity index (χ0v) is 10.8. The summed E-state index contributed by atoms with van der Waals surface area (Å²) in [4.78, 5) is 11.3. The molecular formula is C11H14ClNO5. The first kappa shape index (κ1) is 14.4. The molecule has 0 fully saturated rings. The average Bonchev–Trinajstić information content (AvgIpc) is 2.36. The van der Waals surface area contributed by atoms with Crippen LogP contribution in [0.5, 0.6) is 11.5 Å². The Morgan fingerprint density at radius 3 is 2.56 bits per heavy atom. The molecule has 1 aromatic rings. The van der Waals surface area contributed by atoms with Gasteiger partial charge in [0.25, 0.3) is 0 Å². The molecule has 7 heteroatoms. The molecule has 1 rings (SSSR count). The maximum atomic E-state index is 11.3. The number of methoxy groups -OCH3 is 2. The van der Waals surface area contributed by atoms with E-state index < -0.39 is 6.09 Å². The number of carbonyl (C=O) groups is 1. The van der Waals surface area contributed by atoms with Crippen molar-refractivity contribution >= 4 is 23.4 Å². The molecule has 0 aliphatic carbocycles. The standard InChI is InChI=1S/C11H14ClNO5/c1-16-9-6-10(17-2)8(5-7(9)12)13-11(15)18-4-3-14/h5-6,14H,3-4H2,1-2H3,(H,13,15). The lowest BCUT2D eigenvalue weighted by Crippen LogP contribution is -2.16. The van der Waals surface area contributed by atoms with Gasteiger partial charge >= 0.3 is 6.09 Å². The largest absolute Gasteiger partial charge is 0.495 e. The van der Waals surface area contributed by atoms with Crippen LogP contribution in [0.1, 0.15) is 0 Å². The van der Waals surface area contributed by atoms with Gasteiger partial charge < -0.3 is 19.3 Å². The number of nitrogens with one attached hydrogen (secondary N) is 1. The minimum atomic E-state index is -0.705. The van der Waals surface area contributed by atoms with Crippen LogP contribution in [0.4, 0.5) is 10.5 Å². The second-order valence-electron chi connectivity index (χ2n) is 3.17. The molecule has 0 atom stereocenters. The Hall–Kier alpha value is -1.66. The van der Waals surface area contributed by atoms with Crippen molar-refractivity contribution in [2.75, 3.05) is 32.8 Å². The molecule has 6 nitrogen and oxygen atoms in total. The SMILES string of the molecule is COc1cc(OC)c(NC(=O)OCCO)cc1Cl. The highest BCUT2D eigenvalue weighted by Gasteiger charge is 2.12. The predicted octanol–water partition coefficient (Wildman–Crippen LogP) is 1.90. The molecule has 100 valence electrons. The minimum absolute atomic E-state index is 0.0853. The monoisotopic (exact) mass is 275 g/mol. The van der Waals surface area contributed by atoms with E-state index >= 15 is 0 Å². The smallest absolute Gasteiger partial charge is 0.411 e. The number of carbonyl (C=O) groups excluding carboxylic acids is 1. The summed E-state index contributed by atoms with van der Waals surface area (Å²) >= 11 is 5.93. The van der Waals surface area contributed by atoms with Gasteiger partial charge in [0.1, 0.15) is 18.1 Å². The third-order valence-electron chi connectivity index (χ3n) is 2.04. The molecule has 0 radical (unpaired) electrons. The quantitative estimate of drug-likeness (QED) is 0.858. The number of hydrogen-bond acceptors (Lipinski definition) is 5. The number of aliphatic hydroxyl groups is 1. The summed E-state index contributed by atoms with van der Waals surface area (Å²) in [5, 5.41) is 11.3. The predicted molar refractivity (Wildman–Crippen MR) is 66.6 cm³/mol. The van der Waals surface area contributed by atoms with Crippen LogP contribution in [-0.4, -0.2) is 38.6 Å². The van der Waals surface area contributed by atoms with Crippen LogP contribution in [0, 0.1) is 0 Å². The zero-order valence-electron chi connectivity index (χ0n) is 10.0. The highest BCUT2D eigenvalue weighted by molar-refractivity contribution is 6.32. The maximum absolute atomic E-state index is 11.3. The van der Waals surface area contributed by atoms with Gasteiger partial charge in [0.05, 0.1) is 31.5 Å². The highest BCUT2D eigenvalue weighted by Crippen LogP contribution is 2.35. The number of hydrogen-bond donors (Lipinski definition) is 2. The Kier molecular flexibility index (Phi) is 5.54. The summed E-state index contributed by atoms with van der Waals surface area (Å²) in [5.41, 5.74) is 0.353. The lowest BCUT2D eigenvalue weighted by molar-refractivity contribution is 0.131. The van der Waals surface area contributed by atoms with Crippen molar-refractivity contribution in [1.82, 2.24) is 0 Å². The normalized spacial score (nSPS) is 9.78. The number of anilines is 1. The van der Waals surface area contributed by atoms with Crippen LogP contribution in [-0.2, 0) is 4.74 Å². The zero-order chi connectivity index (χ0) is 13.5. The Bertz CT molecular complexity index is 424. The van der Waals surface area contributed by atoms with Gasteiger partial charge in [-0.15, -0.1) is 0 Å². The molecule has 18 heavy (non-hydrogen) atoms. The fourth-order valence-corrected chi connectivity index (χ4v) is 1.48. The second-order valence-corrected chi connectivity index (χ2v) is 3.58. The van der Waals surface area contributed by atoms with Crippen molar-refractivity contribution < 1.29 is 24.1 Å². The molecular weight excluding hydrogens is 262 g/mol. The van der Waals surface area contributed by atoms with E-state index in [9.17, 15) is 4.79 Å². The van der Waals surface area contributed by atoms with E-state index in [1.165, 1.54) is 20.3 Å². The number of aliphatic hydroxyl groups excluding tert-OH is 1. The lowest BCUT2D eigenvalue weighted by atomic mass is 10.2. The van der Waals surface area contributed by atoms with Gasteiger partial charge in [-0.2, -0.15) is 0 Å². The van der Waals surface area contributed by atoms with Gasteiger partial charge in [0.15, 0.2) is 0 Å². The molecule has 0 bridgehead atoms. The lowest BCUT2D eigenvalue weighted by Gasteiger charge is -2.12. The van der Waals surface area contributed by atoms with Gasteiger partial charge in [-0.3, -0.25) is 5.32 Å². The van der Waals surface area contributed by atoms with E-state index in [0.717, 1.165) is 0 Å². The number of amides is 1. The third kappa shape index (κ3) is 3.68. The summed E-state index contributed by atoms with van der Waals surface area (Å²) < 4.78 is 14.8. The topological polar surface area (TPSA) is 77.0 Å². The van der Waals surface area contributed by atoms with Gasteiger partial charge in [-0.25, -0.2) is 4.79 Å². The number of ether oxygens (including phenoxy) is 3. The minimum Gasteiger partial charge on any atom is -0.495 e. The van der Waals surface area contributed by atoms with Crippen molar-refractivity contribution in [3.05, 3.63) is 17.2 Å². The number of rotatable bonds is 5. The van der Waals surface area contributed by atoms with Gasteiger partial charge in [0, 0.05) is 6.07 Å². The second kappa shape index (κ2) is 6.93. The Morgan fingerprint density at radius 2 is 2.00 bits per heavy atom. The van der Waals surface area contributed by atoms with Crippen LogP contribution in [0.2, 0.25) is 5.02 Å². The molecule has 2 N–H and O–H groups in total. The summed E-state index contributed by atoms with van der Waals surface area (Å²) in [6, 6.07) is 3.03. The molecule has 1 amide bonds. The van der Waals surface area contributed by atoms with E-state index in [4.69, 9.17) is 26.2 Å². The summed E-state index contributed by atoms with van der Waals surface area (Å²) in [6.45, 7) is -0.327. The first-order chi connectivity index (χ1) is 8.62. The highest BCUT2D eigenvalue weighted by atomic mass is 35.5. The van der Waals surface area contributed by atoms with Crippen LogP contribution < -0.4 is 14.8 Å². The van der Waals surface area contributed by atoms with Gasteiger partial charge in [-0.05, 0) is 6.07 Å². The van der Waals surface area contributed by atoms with Crippen LogP contribution >= 0.6 is 11.6 Å². The first-order valence-corrected chi connectivity index (χ1v) is 5.46. The molecule has 0 saturated carbocycles. The fourth-order valence-electron chi connectivity index (χ4n) is 1.24. The molecule has 0 saturated heterocycles. The van der Waals surface area contributed by atoms with Crippen molar-refractivity contribution in [3.63, 3.8) is 0 Å². The molecule has 0 aliphatic heterocycles. The van der Waals surface area contributed by atoms with E-state index in [1.807, 2.05) is 0 Å². The maximum Gasteiger partial charge on any atom is 0.411 e. The van der Waals surface area contributed by atoms with Crippen molar-refractivity contribution in [1.29, 1.82) is 0 Å². The number of halogens is 1. The van der Waals surface area contributed by atoms with Gasteiger partial charge in [0.2, 0.25) is 0 Å². The Balaban J connectivity index is 2.87. The summed E-state index contributed by atoms with van der Waals surface area (Å²) in [7, 11) is 2.93. The Morgan fingerprint density at radius 1 is 1.33 bits per heavy atom. The number of benzene rings is 1. The summed E-state index contributed by atoms with van der Waals surface area (Å²) in [6.07, 6.45) is -0.705. The summed E-state index contributed by atoms with van der Waals surface area (Å²) in [5.74, 6) is 0.819. The van der Waals surface area contributed by atoms with Crippen LogP contribution in [0.3, 0.4) is 0 Å². The van der Waals surface area contributed by atoms with E-state index in [0.29, 0.717) is 22.2 Å². The average molecular weight is 276 g/mol. The van der Waals surface area contributed by atoms with Crippen molar-refractivity contribution in [2.45, 2.75) is 0 Å². The molecule has 0 aromatic heterocycles. The van der Waals surface area contributed by atoms with Crippen molar-refractivity contribution in [3.8, 4) is 11.5 Å². The van der Waals surface area contributed by atoms with Crippen molar-refractivity contribution in [2.24, 2.45) is 0 Å². The van der Waals surface area contributed by atoms with Crippen LogP contribution in [0.15, 0.2) is 12.1 Å². The molecule has 1 aromatic carbocycles. The van der Waals surface area contributed by atoms with Gasteiger partial charge in [-0.1, -0.05) is 11.6 Å². The molecule has 0 heterocycles. The molecule has 0 spiro atoms. The third-order valence-corrected chi connectivity index (χ3v) is 2.33. The van der Waals surface area contributed by atoms with E-state index in [-0.39, 0.29) is 13.2 Å². The van der Waals surface area contributed by atoms with E-state index in [1.54, 1.807) is 6.07 Å². The Labute approximate surface area is 109 Å². The van der Waals surface area contributed by atoms with E-state index in [2.05, 4.69) is 10.1 Å². The molecule has 0 unspecified atom stereocenters.